The van der Waals surface area contributed by atoms with E-state index in [-0.39, 0.29) is 35.3 Å². The van der Waals surface area contributed by atoms with Crippen molar-refractivity contribution in [2.75, 3.05) is 24.3 Å². The standard InChI is InChI=1S/C45H53N3O6S/c1-31-14-9-10-20-38(31)47-26-12-11-19-36(43(47)51)30-40(49)34(28-32-15-5-3-6-16-32)23-24-35(29-33-17-7-4-8-18-33)42(50)46-37-25-27-55-41-22-13-21-39(45(53)54-2)48(41)44(37)52/h3-12,14-18,20,34-37,39,41H,13,19,21-30H2,1-2H3,(H,46,50)/t34-,35-,36-,37+,39+,41+/m1/s1. The van der Waals surface area contributed by atoms with Crippen LogP contribution in [0.4, 0.5) is 5.69 Å². The summed E-state index contributed by atoms with van der Waals surface area (Å²) in [5.74, 6) is -1.66. The van der Waals surface area contributed by atoms with Gasteiger partial charge < -0.3 is 19.9 Å². The van der Waals surface area contributed by atoms with Crippen LogP contribution in [0.25, 0.3) is 0 Å². The van der Waals surface area contributed by atoms with Crippen molar-refractivity contribution in [2.45, 2.75) is 88.6 Å². The van der Waals surface area contributed by atoms with E-state index in [4.69, 9.17) is 4.74 Å². The Balaban J connectivity index is 1.20. The molecule has 3 aliphatic heterocycles. The molecule has 3 aromatic carbocycles. The van der Waals surface area contributed by atoms with E-state index in [1.807, 2.05) is 104 Å². The topological polar surface area (TPSA) is 113 Å². The molecule has 0 unspecified atom stereocenters. The van der Waals surface area contributed by atoms with Crippen molar-refractivity contribution in [1.29, 1.82) is 0 Å². The molecule has 0 spiro atoms. The second-order valence-corrected chi connectivity index (χ2v) is 16.3. The third-order valence-electron chi connectivity index (χ3n) is 11.3. The van der Waals surface area contributed by atoms with E-state index in [0.29, 0.717) is 57.2 Å². The van der Waals surface area contributed by atoms with Gasteiger partial charge in [-0.3, -0.25) is 19.2 Å². The zero-order chi connectivity index (χ0) is 38.7. The fourth-order valence-electron chi connectivity index (χ4n) is 8.26. The zero-order valence-corrected chi connectivity index (χ0v) is 32.8. The van der Waals surface area contributed by atoms with E-state index < -0.39 is 35.8 Å². The molecule has 6 rings (SSSR count). The molecule has 6 atom stereocenters. The number of ketones is 1. The lowest BCUT2D eigenvalue weighted by Gasteiger charge is -2.40. The van der Waals surface area contributed by atoms with Crippen LogP contribution in [0.3, 0.4) is 0 Å². The Morgan fingerprint density at radius 3 is 2.16 bits per heavy atom. The van der Waals surface area contributed by atoms with Gasteiger partial charge >= 0.3 is 5.97 Å². The summed E-state index contributed by atoms with van der Waals surface area (Å²) < 4.78 is 5.07. The number of ether oxygens (including phenoxy) is 1. The van der Waals surface area contributed by atoms with Crippen molar-refractivity contribution in [3.8, 4) is 0 Å². The number of carbonyl (C=O) groups excluding carboxylic acids is 5. The van der Waals surface area contributed by atoms with Gasteiger partial charge in [-0.15, -0.1) is 11.8 Å². The van der Waals surface area contributed by atoms with Gasteiger partial charge in [0.2, 0.25) is 17.7 Å². The lowest BCUT2D eigenvalue weighted by molar-refractivity contribution is -0.156. The molecule has 3 aromatic rings. The van der Waals surface area contributed by atoms with Crippen LogP contribution in [0.2, 0.25) is 0 Å². The molecule has 3 amide bonds. The first-order chi connectivity index (χ1) is 26.7. The number of thioether (sulfide) groups is 1. The molecule has 55 heavy (non-hydrogen) atoms. The van der Waals surface area contributed by atoms with E-state index in [0.717, 1.165) is 35.2 Å². The van der Waals surface area contributed by atoms with Gasteiger partial charge in [0.15, 0.2) is 0 Å². The molecule has 0 aliphatic carbocycles. The van der Waals surface area contributed by atoms with Crippen LogP contribution < -0.4 is 10.2 Å². The van der Waals surface area contributed by atoms with Crippen LogP contribution in [0.5, 0.6) is 0 Å². The number of anilines is 1. The van der Waals surface area contributed by atoms with E-state index in [9.17, 15) is 24.0 Å². The Kier molecular flexibility index (Phi) is 14.0. The minimum Gasteiger partial charge on any atom is -0.467 e. The van der Waals surface area contributed by atoms with Gasteiger partial charge in [0.1, 0.15) is 17.9 Å². The molecule has 0 aromatic heterocycles. The Morgan fingerprint density at radius 2 is 1.47 bits per heavy atom. The number of methoxy groups -OCH3 is 1. The Hall–Kier alpha value is -4.70. The average molecular weight is 764 g/mol. The minimum absolute atomic E-state index is 0.0158. The number of esters is 1. The molecule has 0 saturated carbocycles. The SMILES string of the molecule is COC(=O)[C@@H]1CCC[C@@H]2SCC[C@H](NC(=O)[C@H](CC[C@H](Cc3ccccc3)C(=O)C[C@H]3CC=CCN(c4ccccc4C)C3=O)Cc3ccccc3)C(=O)N21. The number of nitrogens with one attached hydrogen (secondary N) is 1. The summed E-state index contributed by atoms with van der Waals surface area (Å²) in [6.45, 7) is 2.45. The highest BCUT2D eigenvalue weighted by Gasteiger charge is 2.44. The number of nitrogens with zero attached hydrogens (tertiary/aromatic N) is 2. The van der Waals surface area contributed by atoms with E-state index >= 15 is 0 Å². The normalized spacial score (nSPS) is 22.5. The maximum Gasteiger partial charge on any atom is 0.328 e. The van der Waals surface area contributed by atoms with Gasteiger partial charge in [0, 0.05) is 36.4 Å². The monoisotopic (exact) mass is 763 g/mol. The second kappa shape index (κ2) is 19.2. The van der Waals surface area contributed by atoms with Gasteiger partial charge in [0.25, 0.3) is 0 Å². The van der Waals surface area contributed by atoms with Crippen molar-refractivity contribution in [3.63, 3.8) is 0 Å². The van der Waals surface area contributed by atoms with Crippen LogP contribution in [0, 0.1) is 24.7 Å². The highest BCUT2D eigenvalue weighted by Crippen LogP contribution is 2.35. The maximum absolute atomic E-state index is 14.4. The molecule has 9 nitrogen and oxygen atoms in total. The summed E-state index contributed by atoms with van der Waals surface area (Å²) in [4.78, 5) is 73.0. The second-order valence-electron chi connectivity index (χ2n) is 15.1. The van der Waals surface area contributed by atoms with Crippen molar-refractivity contribution >= 4 is 46.9 Å². The van der Waals surface area contributed by atoms with Crippen molar-refractivity contribution < 1.29 is 28.7 Å². The molecule has 2 saturated heterocycles. The third-order valence-corrected chi connectivity index (χ3v) is 12.6. The number of hydrogen-bond donors (Lipinski definition) is 1. The molecule has 10 heteroatoms. The van der Waals surface area contributed by atoms with Crippen LogP contribution in [-0.4, -0.2) is 71.2 Å². The zero-order valence-electron chi connectivity index (χ0n) is 31.9. The van der Waals surface area contributed by atoms with Crippen molar-refractivity contribution in [1.82, 2.24) is 10.2 Å². The molecular formula is C45H53N3O6S. The number of para-hydroxylation sites is 1. The summed E-state index contributed by atoms with van der Waals surface area (Å²) in [6.07, 6.45) is 9.07. The van der Waals surface area contributed by atoms with Crippen molar-refractivity contribution in [2.24, 2.45) is 17.8 Å². The lowest BCUT2D eigenvalue weighted by atomic mass is 9.82. The number of allylic oxidation sites excluding steroid dienone is 1. The summed E-state index contributed by atoms with van der Waals surface area (Å²) in [7, 11) is 1.34. The van der Waals surface area contributed by atoms with Gasteiger partial charge in [0.05, 0.1) is 12.5 Å². The molecule has 0 bridgehead atoms. The van der Waals surface area contributed by atoms with Crippen LogP contribution >= 0.6 is 11.8 Å². The highest BCUT2D eigenvalue weighted by atomic mass is 32.2. The lowest BCUT2D eigenvalue weighted by Crippen LogP contribution is -2.57. The first-order valence-electron chi connectivity index (χ1n) is 19.7. The maximum atomic E-state index is 14.4. The molecule has 290 valence electrons. The van der Waals surface area contributed by atoms with Gasteiger partial charge in [-0.2, -0.15) is 0 Å². The fraction of sp³-hybridized carbons (Fsp3) is 0.444. The molecule has 1 N–H and O–H groups in total. The number of benzene rings is 3. The Labute approximate surface area is 329 Å². The van der Waals surface area contributed by atoms with Gasteiger partial charge in [-0.1, -0.05) is 91.0 Å². The number of hydrogen-bond acceptors (Lipinski definition) is 7. The first kappa shape index (κ1) is 40.0. The number of aryl methyl sites for hydroxylation is 1. The molecule has 2 fully saturated rings. The van der Waals surface area contributed by atoms with Crippen LogP contribution in [0.1, 0.15) is 68.1 Å². The summed E-state index contributed by atoms with van der Waals surface area (Å²) in [5.41, 5.74) is 3.88. The van der Waals surface area contributed by atoms with Gasteiger partial charge in [-0.25, -0.2) is 4.79 Å². The number of fused-ring (bicyclic) bond motifs is 1. The smallest absolute Gasteiger partial charge is 0.328 e. The van der Waals surface area contributed by atoms with E-state index in [2.05, 4.69) is 5.32 Å². The molecular weight excluding hydrogens is 711 g/mol. The van der Waals surface area contributed by atoms with Gasteiger partial charge in [-0.05, 0) is 93.2 Å². The number of piperidine rings is 1. The van der Waals surface area contributed by atoms with E-state index in [1.54, 1.807) is 21.6 Å². The Morgan fingerprint density at radius 1 is 0.818 bits per heavy atom. The highest BCUT2D eigenvalue weighted by molar-refractivity contribution is 7.99. The Bertz CT molecular complexity index is 1830. The van der Waals surface area contributed by atoms with Crippen molar-refractivity contribution in [3.05, 3.63) is 114 Å². The largest absolute Gasteiger partial charge is 0.467 e. The van der Waals surface area contributed by atoms with Crippen LogP contribution in [0.15, 0.2) is 97.1 Å². The molecule has 0 radical (unpaired) electrons. The molecule has 3 heterocycles. The summed E-state index contributed by atoms with van der Waals surface area (Å²) >= 11 is 1.66. The minimum atomic E-state index is -0.763. The molecule has 3 aliphatic rings. The third kappa shape index (κ3) is 10.1. The van der Waals surface area contributed by atoms with Crippen LogP contribution in [-0.2, 0) is 41.6 Å². The quantitative estimate of drug-likeness (QED) is 0.141. The number of Topliss-reactive ketones (excluding diaryl/α,β-unsaturated/α-hetero) is 1. The summed E-state index contributed by atoms with van der Waals surface area (Å²) in [6, 6.07) is 26.1. The number of amides is 3. The number of rotatable bonds is 14. The number of carbonyl (C=O) groups is 5. The first-order valence-corrected chi connectivity index (χ1v) is 20.7. The predicted molar refractivity (Wildman–Crippen MR) is 216 cm³/mol. The van der Waals surface area contributed by atoms with E-state index in [1.165, 1.54) is 7.11 Å². The summed E-state index contributed by atoms with van der Waals surface area (Å²) in [5, 5.41) is 2.98. The fourth-order valence-corrected chi connectivity index (χ4v) is 9.65. The predicted octanol–water partition coefficient (Wildman–Crippen LogP) is 6.86. The average Bonchev–Trinajstić information content (AvgIpc) is 3.48.